The van der Waals surface area contributed by atoms with Gasteiger partial charge in [-0.25, -0.2) is 14.7 Å². The van der Waals surface area contributed by atoms with E-state index >= 15 is 0 Å². The number of carbonyl (C=O) groups is 1. The molecule has 2 N–H and O–H groups in total. The van der Waals surface area contributed by atoms with Crippen molar-refractivity contribution in [3.63, 3.8) is 0 Å². The summed E-state index contributed by atoms with van der Waals surface area (Å²) in [6.45, 7) is 1.28. The molecular weight excluding hydrogens is 464 g/mol. The van der Waals surface area contributed by atoms with Gasteiger partial charge in [-0.15, -0.1) is 0 Å². The zero-order valence-electron chi connectivity index (χ0n) is 19.9. The van der Waals surface area contributed by atoms with E-state index < -0.39 is 12.2 Å². The molecule has 3 aliphatic rings. The normalized spacial score (nSPS) is 20.2. The number of allylic oxidation sites excluding steroid dienone is 4. The lowest BCUT2D eigenvalue weighted by Crippen LogP contribution is -2.32. The van der Waals surface area contributed by atoms with E-state index in [2.05, 4.69) is 21.4 Å². The number of ether oxygens (including phenoxy) is 4. The van der Waals surface area contributed by atoms with Crippen LogP contribution >= 0.6 is 0 Å². The fourth-order valence-corrected chi connectivity index (χ4v) is 4.26. The Balaban J connectivity index is 1.11. The van der Waals surface area contributed by atoms with Gasteiger partial charge in [-0.1, -0.05) is 18.2 Å². The van der Waals surface area contributed by atoms with Crippen molar-refractivity contribution in [2.45, 2.75) is 31.5 Å². The number of fused-ring (bicyclic) bond motifs is 1. The van der Waals surface area contributed by atoms with Crippen LogP contribution in [0, 0.1) is 0 Å². The smallest absolute Gasteiger partial charge is 0.417 e. The lowest BCUT2D eigenvalue weighted by atomic mass is 10.0. The molecule has 188 valence electrons. The first kappa shape index (κ1) is 23.8. The molecular formula is C26H28N4O6. The second-order valence-electron chi connectivity index (χ2n) is 8.58. The monoisotopic (exact) mass is 492 g/mol. The van der Waals surface area contributed by atoms with Crippen LogP contribution in [0.1, 0.15) is 30.9 Å². The van der Waals surface area contributed by atoms with Gasteiger partial charge < -0.3 is 29.4 Å². The summed E-state index contributed by atoms with van der Waals surface area (Å²) in [6.07, 6.45) is 11.3. The molecule has 0 spiro atoms. The van der Waals surface area contributed by atoms with Crippen molar-refractivity contribution in [1.82, 2.24) is 20.2 Å². The van der Waals surface area contributed by atoms with Crippen molar-refractivity contribution < 1.29 is 28.8 Å². The van der Waals surface area contributed by atoms with E-state index in [1.54, 1.807) is 25.4 Å². The average Bonchev–Trinajstić information content (AvgIpc) is 3.31. The van der Waals surface area contributed by atoms with Gasteiger partial charge in [0.2, 0.25) is 11.8 Å². The number of carbonyl (C=O) groups excluding carboxylic acids is 1. The van der Waals surface area contributed by atoms with Crippen molar-refractivity contribution in [3.8, 4) is 5.88 Å². The largest absolute Gasteiger partial charge is 0.481 e. The minimum absolute atomic E-state index is 0.304. The maximum atomic E-state index is 12.5. The first-order valence-electron chi connectivity index (χ1n) is 11.9. The molecule has 5 rings (SSSR count). The third-order valence-corrected chi connectivity index (χ3v) is 6.15. The molecule has 1 amide bonds. The van der Waals surface area contributed by atoms with Gasteiger partial charge in [0.15, 0.2) is 12.0 Å². The van der Waals surface area contributed by atoms with Crippen LogP contribution in [0.25, 0.3) is 11.0 Å². The molecule has 0 radical (unpaired) electrons. The van der Waals surface area contributed by atoms with E-state index in [-0.39, 0.29) is 6.10 Å². The number of nitrogens with zero attached hydrogens (tertiary/aromatic N) is 3. The highest BCUT2D eigenvalue weighted by molar-refractivity contribution is 5.78. The number of hydrogen-bond donors (Lipinski definition) is 2. The highest BCUT2D eigenvalue weighted by Crippen LogP contribution is 2.29. The number of nitrogens with one attached hydrogen (secondary N) is 1. The molecule has 2 atom stereocenters. The van der Waals surface area contributed by atoms with Gasteiger partial charge in [0.25, 0.3) is 0 Å². The van der Waals surface area contributed by atoms with E-state index in [9.17, 15) is 9.90 Å². The number of hydrogen-bond acceptors (Lipinski definition) is 9. The lowest BCUT2D eigenvalue weighted by molar-refractivity contribution is 0.118. The summed E-state index contributed by atoms with van der Waals surface area (Å²) in [6, 6.07) is 5.31. The topological polar surface area (TPSA) is 115 Å². The summed E-state index contributed by atoms with van der Waals surface area (Å²) in [7, 11) is 1.55. The molecule has 2 aromatic heterocycles. The molecule has 2 aromatic rings. The van der Waals surface area contributed by atoms with Crippen LogP contribution in [0.4, 0.5) is 4.79 Å². The predicted molar refractivity (Wildman–Crippen MR) is 130 cm³/mol. The molecule has 0 saturated carbocycles. The van der Waals surface area contributed by atoms with Crippen LogP contribution in [-0.4, -0.2) is 58.9 Å². The minimum atomic E-state index is -0.739. The molecule has 0 bridgehead atoms. The fourth-order valence-electron chi connectivity index (χ4n) is 4.26. The summed E-state index contributed by atoms with van der Waals surface area (Å²) in [5, 5.41) is 14.0. The van der Waals surface area contributed by atoms with E-state index in [0.717, 1.165) is 18.4 Å². The van der Waals surface area contributed by atoms with Crippen LogP contribution < -0.4 is 10.1 Å². The Hall–Kier alpha value is -3.89. The first-order valence-corrected chi connectivity index (χ1v) is 11.9. The molecule has 2 aliphatic heterocycles. The Morgan fingerprint density at radius 3 is 3.06 bits per heavy atom. The fraction of sp³-hybridized carbons (Fsp3) is 0.346. The minimum Gasteiger partial charge on any atom is -0.481 e. The van der Waals surface area contributed by atoms with Gasteiger partial charge in [0.05, 0.1) is 30.8 Å². The van der Waals surface area contributed by atoms with Gasteiger partial charge >= 0.3 is 6.09 Å². The summed E-state index contributed by atoms with van der Waals surface area (Å²) in [4.78, 5) is 22.6. The summed E-state index contributed by atoms with van der Waals surface area (Å²) in [5.74, 6) is 1.36. The van der Waals surface area contributed by atoms with E-state index in [4.69, 9.17) is 18.9 Å². The van der Waals surface area contributed by atoms with Crippen LogP contribution in [0.5, 0.6) is 5.88 Å². The summed E-state index contributed by atoms with van der Waals surface area (Å²) >= 11 is 0. The van der Waals surface area contributed by atoms with Crippen LogP contribution in [0.3, 0.4) is 0 Å². The number of rotatable bonds is 9. The van der Waals surface area contributed by atoms with Gasteiger partial charge in [0, 0.05) is 24.4 Å². The van der Waals surface area contributed by atoms with Gasteiger partial charge in [-0.3, -0.25) is 4.98 Å². The zero-order valence-corrected chi connectivity index (χ0v) is 19.9. The molecule has 4 heterocycles. The lowest BCUT2D eigenvalue weighted by Gasteiger charge is -2.23. The van der Waals surface area contributed by atoms with Gasteiger partial charge in [-0.05, 0) is 43.5 Å². The first-order chi connectivity index (χ1) is 17.6. The van der Waals surface area contributed by atoms with E-state index in [1.165, 1.54) is 17.4 Å². The second kappa shape index (κ2) is 10.8. The SMILES string of the molecule is COc1ccc2nccc([C@H](O)CCNC[C@@H]3CN(C4=COC=C(C5=CC=CCC5)O4)C(=O)O3)c2n1. The number of cyclic esters (lactones) is 1. The Kier molecular flexibility index (Phi) is 7.15. The Labute approximate surface area is 208 Å². The number of amides is 1. The number of aliphatic hydroxyl groups excluding tert-OH is 1. The highest BCUT2D eigenvalue weighted by Gasteiger charge is 2.36. The van der Waals surface area contributed by atoms with Gasteiger partial charge in [0.1, 0.15) is 12.4 Å². The van der Waals surface area contributed by atoms with E-state index in [0.29, 0.717) is 60.2 Å². The number of pyridine rings is 2. The molecule has 10 nitrogen and oxygen atoms in total. The number of aromatic nitrogens is 2. The molecule has 1 fully saturated rings. The third kappa shape index (κ3) is 5.19. The highest BCUT2D eigenvalue weighted by atomic mass is 16.6. The Bertz CT molecular complexity index is 1250. The Morgan fingerprint density at radius 1 is 1.31 bits per heavy atom. The van der Waals surface area contributed by atoms with Crippen molar-refractivity contribution in [3.05, 3.63) is 77.9 Å². The molecule has 1 aliphatic carbocycles. The van der Waals surface area contributed by atoms with Crippen molar-refractivity contribution in [2.24, 2.45) is 0 Å². The molecule has 1 saturated heterocycles. The van der Waals surface area contributed by atoms with Crippen LogP contribution in [0.15, 0.2) is 72.4 Å². The van der Waals surface area contributed by atoms with Crippen molar-refractivity contribution in [2.75, 3.05) is 26.7 Å². The molecule has 36 heavy (non-hydrogen) atoms. The molecule has 10 heteroatoms. The van der Waals surface area contributed by atoms with Crippen LogP contribution in [0.2, 0.25) is 0 Å². The van der Waals surface area contributed by atoms with E-state index in [1.807, 2.05) is 18.2 Å². The third-order valence-electron chi connectivity index (χ3n) is 6.15. The summed E-state index contributed by atoms with van der Waals surface area (Å²) < 4.78 is 22.1. The van der Waals surface area contributed by atoms with Crippen LogP contribution in [-0.2, 0) is 14.2 Å². The molecule has 0 aromatic carbocycles. The standard InChI is InChI=1S/C26H28N4O6/c1-33-23-8-7-20-25(29-23)19(9-12-28-20)21(31)10-11-27-13-18-14-30(26(32)35-18)24-16-34-15-22(36-24)17-5-3-2-4-6-17/h2-3,5,7-9,12,15-16,18,21,27,31H,4,6,10-11,13-14H2,1H3/t18-,21-/m1/s1. The quantitative estimate of drug-likeness (QED) is 0.508. The second-order valence-corrected chi connectivity index (χ2v) is 8.58. The molecule has 0 unspecified atom stereocenters. The summed E-state index contributed by atoms with van der Waals surface area (Å²) in [5.41, 5.74) is 3.01. The zero-order chi connectivity index (χ0) is 24.9. The van der Waals surface area contributed by atoms with Crippen molar-refractivity contribution >= 4 is 17.1 Å². The average molecular weight is 493 g/mol. The van der Waals surface area contributed by atoms with Gasteiger partial charge in [-0.2, -0.15) is 0 Å². The predicted octanol–water partition coefficient (Wildman–Crippen LogP) is 3.44. The van der Waals surface area contributed by atoms with Crippen molar-refractivity contribution in [1.29, 1.82) is 0 Å². The number of aliphatic hydroxyl groups is 1. The maximum absolute atomic E-state index is 12.5. The maximum Gasteiger partial charge on any atom is 0.417 e. The Morgan fingerprint density at radius 2 is 2.22 bits per heavy atom. The number of methoxy groups -OCH3 is 1.